The first-order valence-electron chi connectivity index (χ1n) is 6.18. The van der Waals surface area contributed by atoms with Crippen LogP contribution in [-0.2, 0) is 14.8 Å². The Hall–Kier alpha value is -1.80. The van der Waals surface area contributed by atoms with E-state index >= 15 is 0 Å². The Bertz CT molecular complexity index is 686. The molecule has 3 heterocycles. The Morgan fingerprint density at radius 1 is 1.45 bits per heavy atom. The van der Waals surface area contributed by atoms with Crippen molar-refractivity contribution < 1.29 is 13.2 Å². The number of carbonyl (C=O) groups is 1. The highest BCUT2D eigenvalue weighted by atomic mass is 32.2. The van der Waals surface area contributed by atoms with Crippen LogP contribution in [0.15, 0.2) is 29.5 Å². The van der Waals surface area contributed by atoms with Gasteiger partial charge in [0.05, 0.1) is 12.8 Å². The Kier molecular flexibility index (Phi) is 2.87. The van der Waals surface area contributed by atoms with Crippen molar-refractivity contribution >= 4 is 21.6 Å². The highest BCUT2D eigenvalue weighted by Gasteiger charge is 2.47. The van der Waals surface area contributed by atoms with Crippen LogP contribution in [0.3, 0.4) is 0 Å². The van der Waals surface area contributed by atoms with E-state index in [0.29, 0.717) is 24.2 Å². The lowest BCUT2D eigenvalue weighted by Crippen LogP contribution is -2.45. The number of aliphatic imine (C=N–C) groups is 1. The number of carbonyl (C=O) groups excluding carboxylic acids is 1. The normalized spacial score (nSPS) is 26.9. The molecule has 2 aliphatic heterocycles. The predicted octanol–water partition coefficient (Wildman–Crippen LogP) is -0.638. The van der Waals surface area contributed by atoms with Crippen LogP contribution in [0.25, 0.3) is 0 Å². The molecule has 0 saturated carbocycles. The van der Waals surface area contributed by atoms with Crippen LogP contribution in [0.1, 0.15) is 12.0 Å². The van der Waals surface area contributed by atoms with Crippen molar-refractivity contribution in [1.29, 1.82) is 0 Å². The van der Waals surface area contributed by atoms with E-state index in [-0.39, 0.29) is 12.5 Å². The number of rotatable bonds is 2. The topological polar surface area (TPSA) is 91.7 Å². The van der Waals surface area contributed by atoms with E-state index in [2.05, 4.69) is 15.3 Å². The number of pyridine rings is 1. The predicted molar refractivity (Wildman–Crippen MR) is 72.7 cm³/mol. The lowest BCUT2D eigenvalue weighted by Gasteiger charge is -2.20. The third kappa shape index (κ3) is 2.20. The van der Waals surface area contributed by atoms with Gasteiger partial charge in [-0.3, -0.25) is 9.78 Å². The number of aromatic nitrogens is 1. The van der Waals surface area contributed by atoms with Gasteiger partial charge in [0.15, 0.2) is 0 Å². The molecule has 1 unspecified atom stereocenters. The SMILES string of the molecule is CS(=O)(=O)N1CCC2(C1)N=C(c1cccnc1)C(=O)N2. The van der Waals surface area contributed by atoms with E-state index < -0.39 is 15.7 Å². The third-order valence-corrected chi connectivity index (χ3v) is 4.75. The summed E-state index contributed by atoms with van der Waals surface area (Å²) in [6, 6.07) is 3.49. The Morgan fingerprint density at radius 2 is 2.25 bits per heavy atom. The summed E-state index contributed by atoms with van der Waals surface area (Å²) in [5.74, 6) is -0.284. The summed E-state index contributed by atoms with van der Waals surface area (Å²) < 4.78 is 24.5. The molecule has 1 spiro atoms. The second-order valence-electron chi connectivity index (χ2n) is 5.03. The monoisotopic (exact) mass is 294 g/mol. The molecule has 1 atom stereocenters. The average molecular weight is 294 g/mol. The van der Waals surface area contributed by atoms with Gasteiger partial charge < -0.3 is 5.32 Å². The zero-order valence-corrected chi connectivity index (χ0v) is 11.7. The molecule has 106 valence electrons. The summed E-state index contributed by atoms with van der Waals surface area (Å²) in [6.45, 7) is 0.546. The molecule has 1 fully saturated rings. The van der Waals surface area contributed by atoms with Gasteiger partial charge in [-0.1, -0.05) is 0 Å². The highest BCUT2D eigenvalue weighted by Crippen LogP contribution is 2.29. The van der Waals surface area contributed by atoms with Crippen LogP contribution in [-0.4, -0.2) is 54.3 Å². The minimum Gasteiger partial charge on any atom is -0.325 e. The largest absolute Gasteiger partial charge is 0.325 e. The third-order valence-electron chi connectivity index (χ3n) is 3.50. The summed E-state index contributed by atoms with van der Waals surface area (Å²) in [7, 11) is -3.27. The van der Waals surface area contributed by atoms with Crippen molar-refractivity contribution in [2.24, 2.45) is 4.99 Å². The highest BCUT2D eigenvalue weighted by molar-refractivity contribution is 7.88. The Labute approximate surface area is 116 Å². The molecular formula is C12H14N4O3S. The molecular weight excluding hydrogens is 280 g/mol. The van der Waals surface area contributed by atoms with E-state index in [1.165, 1.54) is 4.31 Å². The van der Waals surface area contributed by atoms with Crippen LogP contribution in [0.2, 0.25) is 0 Å². The molecule has 7 nitrogen and oxygen atoms in total. The number of hydrogen-bond donors (Lipinski definition) is 1. The van der Waals surface area contributed by atoms with Crippen LogP contribution in [0.5, 0.6) is 0 Å². The van der Waals surface area contributed by atoms with Gasteiger partial charge in [-0.05, 0) is 12.1 Å². The molecule has 0 aromatic carbocycles. The molecule has 8 heteroatoms. The van der Waals surface area contributed by atoms with Crippen LogP contribution in [0.4, 0.5) is 0 Å². The van der Waals surface area contributed by atoms with Gasteiger partial charge >= 0.3 is 0 Å². The van der Waals surface area contributed by atoms with E-state index in [1.807, 2.05) is 0 Å². The van der Waals surface area contributed by atoms with Crippen LogP contribution >= 0.6 is 0 Å². The van der Waals surface area contributed by atoms with E-state index in [9.17, 15) is 13.2 Å². The summed E-state index contributed by atoms with van der Waals surface area (Å²) in [5.41, 5.74) is 0.124. The number of sulfonamides is 1. The number of amides is 1. The van der Waals surface area contributed by atoms with Gasteiger partial charge in [0.25, 0.3) is 5.91 Å². The standard InChI is InChI=1S/C12H14N4O3S/c1-20(18,19)16-6-4-12(8-16)14-10(11(17)15-12)9-3-2-5-13-7-9/h2-3,5,7H,4,6,8H2,1H3,(H,15,17). The first-order chi connectivity index (χ1) is 9.40. The van der Waals surface area contributed by atoms with Crippen molar-refractivity contribution in [3.05, 3.63) is 30.1 Å². The molecule has 1 aromatic rings. The maximum Gasteiger partial charge on any atom is 0.272 e. The number of nitrogens with zero attached hydrogens (tertiary/aromatic N) is 3. The van der Waals surface area contributed by atoms with Gasteiger partial charge in [0.2, 0.25) is 10.0 Å². The summed E-state index contributed by atoms with van der Waals surface area (Å²) >= 11 is 0. The fourth-order valence-corrected chi connectivity index (χ4v) is 3.37. The number of nitrogens with one attached hydrogen (secondary N) is 1. The molecule has 1 saturated heterocycles. The van der Waals surface area contributed by atoms with Crippen molar-refractivity contribution in [3.8, 4) is 0 Å². The quantitative estimate of drug-likeness (QED) is 0.785. The van der Waals surface area contributed by atoms with Crippen molar-refractivity contribution in [1.82, 2.24) is 14.6 Å². The second kappa shape index (κ2) is 4.35. The van der Waals surface area contributed by atoms with Gasteiger partial charge in [-0.2, -0.15) is 4.31 Å². The molecule has 3 rings (SSSR count). The van der Waals surface area contributed by atoms with Crippen molar-refractivity contribution in [2.75, 3.05) is 19.3 Å². The maximum absolute atomic E-state index is 12.1. The molecule has 0 aliphatic carbocycles. The molecule has 20 heavy (non-hydrogen) atoms. The molecule has 0 bridgehead atoms. The lowest BCUT2D eigenvalue weighted by molar-refractivity contribution is -0.115. The summed E-state index contributed by atoms with van der Waals surface area (Å²) in [4.78, 5) is 20.5. The minimum absolute atomic E-state index is 0.182. The smallest absolute Gasteiger partial charge is 0.272 e. The zero-order valence-electron chi connectivity index (χ0n) is 10.9. The molecule has 1 N–H and O–H groups in total. The fraction of sp³-hybridized carbons (Fsp3) is 0.417. The van der Waals surface area contributed by atoms with Crippen LogP contribution < -0.4 is 5.32 Å². The van der Waals surface area contributed by atoms with Crippen molar-refractivity contribution in [2.45, 2.75) is 12.1 Å². The Morgan fingerprint density at radius 3 is 2.85 bits per heavy atom. The first kappa shape index (κ1) is 13.2. The molecule has 1 amide bonds. The maximum atomic E-state index is 12.1. The van der Waals surface area contributed by atoms with Crippen LogP contribution in [0, 0.1) is 0 Å². The fourth-order valence-electron chi connectivity index (χ4n) is 2.50. The molecule has 2 aliphatic rings. The van der Waals surface area contributed by atoms with Gasteiger partial charge in [0, 0.05) is 30.9 Å². The lowest BCUT2D eigenvalue weighted by atomic mass is 10.1. The van der Waals surface area contributed by atoms with E-state index in [0.717, 1.165) is 6.26 Å². The van der Waals surface area contributed by atoms with Crippen molar-refractivity contribution in [3.63, 3.8) is 0 Å². The zero-order chi connectivity index (χ0) is 14.4. The second-order valence-corrected chi connectivity index (χ2v) is 7.02. The first-order valence-corrected chi connectivity index (χ1v) is 8.02. The Balaban J connectivity index is 1.92. The van der Waals surface area contributed by atoms with Gasteiger partial charge in [-0.25, -0.2) is 13.4 Å². The number of hydrogen-bond acceptors (Lipinski definition) is 5. The average Bonchev–Trinajstić information content (AvgIpc) is 2.95. The van der Waals surface area contributed by atoms with E-state index in [4.69, 9.17) is 0 Å². The van der Waals surface area contributed by atoms with E-state index in [1.54, 1.807) is 24.5 Å². The van der Waals surface area contributed by atoms with Gasteiger partial charge in [-0.15, -0.1) is 0 Å². The minimum atomic E-state index is -3.27. The summed E-state index contributed by atoms with van der Waals surface area (Å²) in [6.07, 6.45) is 4.83. The van der Waals surface area contributed by atoms with Gasteiger partial charge in [0.1, 0.15) is 11.4 Å². The summed E-state index contributed by atoms with van der Waals surface area (Å²) in [5, 5.41) is 2.80. The molecule has 0 radical (unpaired) electrons. The molecule has 1 aromatic heterocycles.